The Labute approximate surface area is 70.0 Å². The fraction of sp³-hybridized carbons (Fsp3) is 0.286. The number of hydrogen-bond donors (Lipinski definition) is 2. The summed E-state index contributed by atoms with van der Waals surface area (Å²) in [5, 5.41) is 12.1. The summed E-state index contributed by atoms with van der Waals surface area (Å²) in [5.74, 6) is 0.596. The molecule has 2 N–H and O–H groups in total. The maximum absolute atomic E-state index is 8.80. The van der Waals surface area contributed by atoms with E-state index in [9.17, 15) is 0 Å². The van der Waals surface area contributed by atoms with Crippen LogP contribution in [0.5, 0.6) is 0 Å². The van der Waals surface area contributed by atoms with Gasteiger partial charge in [0.15, 0.2) is 0 Å². The summed E-state index contributed by atoms with van der Waals surface area (Å²) in [6, 6.07) is 1.68. The number of hydrogen-bond acceptors (Lipinski definition) is 3. The zero-order valence-corrected chi connectivity index (χ0v) is 6.89. The zero-order chi connectivity index (χ0) is 8.27. The van der Waals surface area contributed by atoms with Gasteiger partial charge in [0.25, 0.3) is 0 Å². The van der Waals surface area contributed by atoms with Crippen molar-refractivity contribution in [3.63, 3.8) is 0 Å². The van der Waals surface area contributed by atoms with Crippen molar-refractivity contribution in [3.8, 4) is 0 Å². The van der Waals surface area contributed by atoms with Gasteiger partial charge in [-0.25, -0.2) is 4.98 Å². The van der Waals surface area contributed by atoms with Gasteiger partial charge in [-0.1, -0.05) is 11.6 Å². The first-order valence-corrected chi connectivity index (χ1v) is 3.59. The second-order valence-electron chi connectivity index (χ2n) is 2.04. The Hall–Kier alpha value is -0.800. The molecule has 0 unspecified atom stereocenters. The molecule has 0 aliphatic rings. The summed E-state index contributed by atoms with van der Waals surface area (Å²) in [5.41, 5.74) is 0.686. The molecule has 0 amide bonds. The Morgan fingerprint density at radius 2 is 2.45 bits per heavy atom. The standard InChI is InChI=1S/C7H9ClN2O/c1-9-7-6(8)5(4-11)2-3-10-7/h2-3,11H,4H2,1H3,(H,9,10). The molecule has 0 radical (unpaired) electrons. The van der Waals surface area contributed by atoms with Crippen LogP contribution in [0.4, 0.5) is 5.82 Å². The monoisotopic (exact) mass is 172 g/mol. The topological polar surface area (TPSA) is 45.2 Å². The van der Waals surface area contributed by atoms with Crippen LogP contribution in [0.3, 0.4) is 0 Å². The van der Waals surface area contributed by atoms with Gasteiger partial charge in [0.05, 0.1) is 11.6 Å². The Balaban J connectivity index is 3.10. The third kappa shape index (κ3) is 1.61. The van der Waals surface area contributed by atoms with E-state index in [0.29, 0.717) is 16.4 Å². The van der Waals surface area contributed by atoms with Gasteiger partial charge in [-0.15, -0.1) is 0 Å². The van der Waals surface area contributed by atoms with Gasteiger partial charge in [-0.05, 0) is 6.07 Å². The highest BCUT2D eigenvalue weighted by molar-refractivity contribution is 6.33. The first-order chi connectivity index (χ1) is 5.29. The van der Waals surface area contributed by atoms with Crippen LogP contribution in [0.1, 0.15) is 5.56 Å². The second-order valence-corrected chi connectivity index (χ2v) is 2.42. The summed E-state index contributed by atoms with van der Waals surface area (Å²) in [6.07, 6.45) is 1.60. The number of aliphatic hydroxyl groups is 1. The molecule has 0 saturated carbocycles. The number of aliphatic hydroxyl groups excluding tert-OH is 1. The van der Waals surface area contributed by atoms with E-state index in [1.54, 1.807) is 19.3 Å². The molecule has 4 heteroatoms. The summed E-state index contributed by atoms with van der Waals surface area (Å²) < 4.78 is 0. The molecule has 0 fully saturated rings. The Kier molecular flexibility index (Phi) is 2.68. The number of anilines is 1. The molecule has 3 nitrogen and oxygen atoms in total. The van der Waals surface area contributed by atoms with Crippen molar-refractivity contribution >= 4 is 17.4 Å². The zero-order valence-electron chi connectivity index (χ0n) is 6.13. The fourth-order valence-corrected chi connectivity index (χ4v) is 1.05. The quantitative estimate of drug-likeness (QED) is 0.706. The summed E-state index contributed by atoms with van der Waals surface area (Å²) in [4.78, 5) is 3.95. The van der Waals surface area contributed by atoms with Crippen LogP contribution < -0.4 is 5.32 Å². The van der Waals surface area contributed by atoms with Crippen LogP contribution in [-0.4, -0.2) is 17.1 Å². The van der Waals surface area contributed by atoms with Crippen molar-refractivity contribution in [2.75, 3.05) is 12.4 Å². The van der Waals surface area contributed by atoms with Crippen molar-refractivity contribution in [2.45, 2.75) is 6.61 Å². The molecule has 1 rings (SSSR count). The van der Waals surface area contributed by atoms with E-state index in [2.05, 4.69) is 10.3 Å². The van der Waals surface area contributed by atoms with Gasteiger partial charge in [0.2, 0.25) is 0 Å². The summed E-state index contributed by atoms with van der Waals surface area (Å²) in [7, 11) is 1.73. The minimum atomic E-state index is -0.0595. The van der Waals surface area contributed by atoms with Gasteiger partial charge in [-0.2, -0.15) is 0 Å². The average molecular weight is 173 g/mol. The van der Waals surface area contributed by atoms with E-state index in [-0.39, 0.29) is 6.61 Å². The Bertz CT molecular complexity index is 230. The van der Waals surface area contributed by atoms with Gasteiger partial charge in [-0.3, -0.25) is 0 Å². The van der Waals surface area contributed by atoms with Crippen LogP contribution in [-0.2, 0) is 6.61 Å². The first-order valence-electron chi connectivity index (χ1n) is 3.21. The fourth-order valence-electron chi connectivity index (χ4n) is 0.780. The molecule has 11 heavy (non-hydrogen) atoms. The smallest absolute Gasteiger partial charge is 0.144 e. The summed E-state index contributed by atoms with van der Waals surface area (Å²) >= 11 is 5.82. The van der Waals surface area contributed by atoms with Crippen LogP contribution in [0.15, 0.2) is 12.3 Å². The number of nitrogens with zero attached hydrogens (tertiary/aromatic N) is 1. The molecule has 0 saturated heterocycles. The maximum atomic E-state index is 8.80. The average Bonchev–Trinajstić information content (AvgIpc) is 2.05. The molecule has 0 atom stereocenters. The van der Waals surface area contributed by atoms with Crippen molar-refractivity contribution in [1.29, 1.82) is 0 Å². The molecule has 0 aliphatic carbocycles. The van der Waals surface area contributed by atoms with Crippen molar-refractivity contribution in [2.24, 2.45) is 0 Å². The minimum Gasteiger partial charge on any atom is -0.392 e. The van der Waals surface area contributed by atoms with E-state index in [4.69, 9.17) is 16.7 Å². The highest BCUT2D eigenvalue weighted by atomic mass is 35.5. The van der Waals surface area contributed by atoms with E-state index >= 15 is 0 Å². The van der Waals surface area contributed by atoms with Gasteiger partial charge >= 0.3 is 0 Å². The molecule has 1 aromatic heterocycles. The lowest BCUT2D eigenvalue weighted by Crippen LogP contribution is -1.95. The lowest BCUT2D eigenvalue weighted by Gasteiger charge is -2.04. The lowest BCUT2D eigenvalue weighted by atomic mass is 10.3. The van der Waals surface area contributed by atoms with Crippen LogP contribution in [0.2, 0.25) is 5.02 Å². The molecule has 0 bridgehead atoms. The van der Waals surface area contributed by atoms with E-state index in [0.717, 1.165) is 0 Å². The van der Waals surface area contributed by atoms with Gasteiger partial charge in [0, 0.05) is 18.8 Å². The lowest BCUT2D eigenvalue weighted by molar-refractivity contribution is 0.282. The number of nitrogens with one attached hydrogen (secondary N) is 1. The van der Waals surface area contributed by atoms with Gasteiger partial charge < -0.3 is 10.4 Å². The number of rotatable bonds is 2. The molecule has 0 aliphatic heterocycles. The highest BCUT2D eigenvalue weighted by Crippen LogP contribution is 2.22. The SMILES string of the molecule is CNc1nccc(CO)c1Cl. The molecular weight excluding hydrogens is 164 g/mol. The third-order valence-corrected chi connectivity index (χ3v) is 1.80. The highest BCUT2D eigenvalue weighted by Gasteiger charge is 2.03. The first kappa shape index (κ1) is 8.30. The van der Waals surface area contributed by atoms with Crippen molar-refractivity contribution in [3.05, 3.63) is 22.8 Å². The van der Waals surface area contributed by atoms with Gasteiger partial charge in [0.1, 0.15) is 5.82 Å². The van der Waals surface area contributed by atoms with E-state index in [1.165, 1.54) is 0 Å². The molecular formula is C7H9ClN2O. The Morgan fingerprint density at radius 1 is 1.73 bits per heavy atom. The predicted octanol–water partition coefficient (Wildman–Crippen LogP) is 1.27. The number of aromatic nitrogens is 1. The predicted molar refractivity (Wildman–Crippen MR) is 44.7 cm³/mol. The van der Waals surface area contributed by atoms with Crippen LogP contribution in [0.25, 0.3) is 0 Å². The van der Waals surface area contributed by atoms with Crippen molar-refractivity contribution < 1.29 is 5.11 Å². The van der Waals surface area contributed by atoms with Crippen LogP contribution >= 0.6 is 11.6 Å². The number of halogens is 1. The van der Waals surface area contributed by atoms with E-state index in [1.807, 2.05) is 0 Å². The van der Waals surface area contributed by atoms with Crippen molar-refractivity contribution in [1.82, 2.24) is 4.98 Å². The molecule has 1 aromatic rings. The maximum Gasteiger partial charge on any atom is 0.144 e. The minimum absolute atomic E-state index is 0.0595. The summed E-state index contributed by atoms with van der Waals surface area (Å²) in [6.45, 7) is -0.0595. The largest absolute Gasteiger partial charge is 0.392 e. The van der Waals surface area contributed by atoms with E-state index < -0.39 is 0 Å². The normalized spacial score (nSPS) is 9.73. The third-order valence-electron chi connectivity index (χ3n) is 1.38. The van der Waals surface area contributed by atoms with Crippen LogP contribution in [0, 0.1) is 0 Å². The second kappa shape index (κ2) is 3.55. The number of pyridine rings is 1. The molecule has 0 spiro atoms. The molecule has 60 valence electrons. The molecule has 1 heterocycles. The Morgan fingerprint density at radius 3 is 3.00 bits per heavy atom. The molecule has 0 aromatic carbocycles.